The molecule has 1 aromatic heterocycles. The first-order valence-electron chi connectivity index (χ1n) is 6.29. The molecule has 0 saturated heterocycles. The third-order valence-corrected chi connectivity index (χ3v) is 6.91. The van der Waals surface area contributed by atoms with Crippen molar-refractivity contribution in [3.63, 3.8) is 0 Å². The van der Waals surface area contributed by atoms with Gasteiger partial charge in [-0.05, 0) is 29.9 Å². The molecule has 1 saturated carbocycles. The summed E-state index contributed by atoms with van der Waals surface area (Å²) in [6.07, 6.45) is 4.16. The second-order valence-corrected chi connectivity index (χ2v) is 7.61. The van der Waals surface area contributed by atoms with Gasteiger partial charge in [-0.1, -0.05) is 19.8 Å². The zero-order chi connectivity index (χ0) is 13.2. The number of sulfonamides is 1. The average molecular weight is 289 g/mol. The van der Waals surface area contributed by atoms with E-state index in [0.717, 1.165) is 25.7 Å². The highest BCUT2D eigenvalue weighted by atomic mass is 32.2. The van der Waals surface area contributed by atoms with E-state index < -0.39 is 10.0 Å². The van der Waals surface area contributed by atoms with Crippen LogP contribution in [0.1, 0.15) is 38.2 Å². The number of hydrogen-bond donors (Lipinski definition) is 1. The normalized spacial score (nSPS) is 17.7. The van der Waals surface area contributed by atoms with Gasteiger partial charge < -0.3 is 5.11 Å². The van der Waals surface area contributed by atoms with Gasteiger partial charge in [0.15, 0.2) is 0 Å². The van der Waals surface area contributed by atoms with Gasteiger partial charge >= 0.3 is 0 Å². The van der Waals surface area contributed by atoms with Gasteiger partial charge in [0, 0.05) is 12.6 Å². The maximum absolute atomic E-state index is 12.5. The number of aliphatic hydroxyl groups excluding tert-OH is 1. The zero-order valence-corrected chi connectivity index (χ0v) is 12.1. The van der Waals surface area contributed by atoms with Crippen molar-refractivity contribution < 1.29 is 13.5 Å². The van der Waals surface area contributed by atoms with Crippen LogP contribution in [0.2, 0.25) is 0 Å². The lowest BCUT2D eigenvalue weighted by molar-refractivity contribution is 0.282. The SMILES string of the molecule is CCN(C1CCCC1)S(=O)(=O)c1cc(CO)cs1. The van der Waals surface area contributed by atoms with Crippen molar-refractivity contribution in [3.05, 3.63) is 17.0 Å². The van der Waals surface area contributed by atoms with Crippen LogP contribution in [0.5, 0.6) is 0 Å². The molecule has 18 heavy (non-hydrogen) atoms. The molecule has 1 aliphatic rings. The summed E-state index contributed by atoms with van der Waals surface area (Å²) in [5.74, 6) is 0. The summed E-state index contributed by atoms with van der Waals surface area (Å²) >= 11 is 1.19. The van der Waals surface area contributed by atoms with E-state index in [1.54, 1.807) is 15.8 Å². The summed E-state index contributed by atoms with van der Waals surface area (Å²) in [4.78, 5) is 0. The highest BCUT2D eigenvalue weighted by molar-refractivity contribution is 7.91. The molecule has 1 N–H and O–H groups in total. The number of rotatable bonds is 5. The van der Waals surface area contributed by atoms with Crippen molar-refractivity contribution >= 4 is 21.4 Å². The molecule has 0 unspecified atom stereocenters. The van der Waals surface area contributed by atoms with Crippen LogP contribution in [0.25, 0.3) is 0 Å². The van der Waals surface area contributed by atoms with Crippen LogP contribution in [-0.2, 0) is 16.6 Å². The van der Waals surface area contributed by atoms with E-state index in [-0.39, 0.29) is 12.6 Å². The Labute approximate surface area is 112 Å². The molecular formula is C12H19NO3S2. The van der Waals surface area contributed by atoms with Crippen LogP contribution in [0.3, 0.4) is 0 Å². The minimum Gasteiger partial charge on any atom is -0.392 e. The Balaban J connectivity index is 2.27. The van der Waals surface area contributed by atoms with Gasteiger partial charge in [0.05, 0.1) is 6.61 Å². The van der Waals surface area contributed by atoms with E-state index >= 15 is 0 Å². The van der Waals surface area contributed by atoms with Gasteiger partial charge in [-0.2, -0.15) is 4.31 Å². The quantitative estimate of drug-likeness (QED) is 0.904. The summed E-state index contributed by atoms with van der Waals surface area (Å²) < 4.78 is 27.0. The van der Waals surface area contributed by atoms with E-state index in [1.807, 2.05) is 6.92 Å². The highest BCUT2D eigenvalue weighted by Crippen LogP contribution is 2.30. The number of aliphatic hydroxyl groups is 1. The first kappa shape index (κ1) is 14.0. The topological polar surface area (TPSA) is 57.6 Å². The van der Waals surface area contributed by atoms with Crippen LogP contribution in [-0.4, -0.2) is 30.4 Å². The first-order valence-corrected chi connectivity index (χ1v) is 8.61. The monoisotopic (exact) mass is 289 g/mol. The molecule has 4 nitrogen and oxygen atoms in total. The maximum Gasteiger partial charge on any atom is 0.252 e. The third-order valence-electron chi connectivity index (χ3n) is 3.42. The lowest BCUT2D eigenvalue weighted by Crippen LogP contribution is -2.38. The molecular weight excluding hydrogens is 270 g/mol. The van der Waals surface area contributed by atoms with Gasteiger partial charge in [0.2, 0.25) is 0 Å². The van der Waals surface area contributed by atoms with E-state index in [1.165, 1.54) is 11.3 Å². The third kappa shape index (κ3) is 2.61. The number of thiophene rings is 1. The van der Waals surface area contributed by atoms with Gasteiger partial charge in [0.25, 0.3) is 10.0 Å². The average Bonchev–Trinajstić information content (AvgIpc) is 3.00. The minimum absolute atomic E-state index is 0.110. The van der Waals surface area contributed by atoms with E-state index in [4.69, 9.17) is 5.11 Å². The van der Waals surface area contributed by atoms with Crippen LogP contribution >= 0.6 is 11.3 Å². The van der Waals surface area contributed by atoms with Crippen LogP contribution in [0, 0.1) is 0 Å². The molecule has 0 bridgehead atoms. The summed E-state index contributed by atoms with van der Waals surface area (Å²) in [6.45, 7) is 2.29. The van der Waals surface area contributed by atoms with Gasteiger partial charge in [-0.15, -0.1) is 11.3 Å². The maximum atomic E-state index is 12.5. The lowest BCUT2D eigenvalue weighted by atomic mass is 10.2. The summed E-state index contributed by atoms with van der Waals surface area (Å²) in [5.41, 5.74) is 0.668. The Morgan fingerprint density at radius 1 is 1.44 bits per heavy atom. The Morgan fingerprint density at radius 2 is 2.11 bits per heavy atom. The number of nitrogens with zero attached hydrogens (tertiary/aromatic N) is 1. The molecule has 1 fully saturated rings. The Bertz CT molecular complexity index is 489. The molecule has 102 valence electrons. The van der Waals surface area contributed by atoms with Gasteiger partial charge in [-0.25, -0.2) is 8.42 Å². The summed E-state index contributed by atoms with van der Waals surface area (Å²) in [5, 5.41) is 10.7. The molecule has 2 rings (SSSR count). The first-order chi connectivity index (χ1) is 8.59. The molecule has 0 amide bonds. The molecule has 0 aliphatic heterocycles. The summed E-state index contributed by atoms with van der Waals surface area (Å²) in [6, 6.07) is 1.73. The van der Waals surface area contributed by atoms with Crippen molar-refractivity contribution in [2.75, 3.05) is 6.54 Å². The number of hydrogen-bond acceptors (Lipinski definition) is 4. The van der Waals surface area contributed by atoms with Crippen molar-refractivity contribution in [3.8, 4) is 0 Å². The van der Waals surface area contributed by atoms with E-state index in [9.17, 15) is 8.42 Å². The van der Waals surface area contributed by atoms with E-state index in [2.05, 4.69) is 0 Å². The smallest absolute Gasteiger partial charge is 0.252 e. The second kappa shape index (κ2) is 5.69. The zero-order valence-electron chi connectivity index (χ0n) is 10.5. The minimum atomic E-state index is -3.38. The fourth-order valence-corrected chi connectivity index (χ4v) is 5.53. The van der Waals surface area contributed by atoms with Crippen LogP contribution in [0.15, 0.2) is 15.7 Å². The molecule has 0 aromatic carbocycles. The molecule has 0 atom stereocenters. The fraction of sp³-hybridized carbons (Fsp3) is 0.667. The van der Waals surface area contributed by atoms with Crippen LogP contribution < -0.4 is 0 Å². The Morgan fingerprint density at radius 3 is 2.61 bits per heavy atom. The predicted octanol–water partition coefficient (Wildman–Crippen LogP) is 2.19. The largest absolute Gasteiger partial charge is 0.392 e. The molecule has 0 spiro atoms. The van der Waals surface area contributed by atoms with Crippen molar-refractivity contribution in [2.24, 2.45) is 0 Å². The van der Waals surface area contributed by atoms with Gasteiger partial charge in [-0.3, -0.25) is 0 Å². The Kier molecular flexibility index (Phi) is 4.42. The molecule has 1 aliphatic carbocycles. The van der Waals surface area contributed by atoms with E-state index in [0.29, 0.717) is 16.3 Å². The predicted molar refractivity (Wildman–Crippen MR) is 72.1 cm³/mol. The fourth-order valence-electron chi connectivity index (χ4n) is 2.50. The molecule has 0 radical (unpaired) electrons. The molecule has 6 heteroatoms. The highest BCUT2D eigenvalue weighted by Gasteiger charge is 2.32. The second-order valence-electron chi connectivity index (χ2n) is 4.58. The van der Waals surface area contributed by atoms with Gasteiger partial charge in [0.1, 0.15) is 4.21 Å². The summed E-state index contributed by atoms with van der Waals surface area (Å²) in [7, 11) is -3.38. The lowest BCUT2D eigenvalue weighted by Gasteiger charge is -2.25. The van der Waals surface area contributed by atoms with Crippen molar-refractivity contribution in [1.82, 2.24) is 4.31 Å². The Hall–Kier alpha value is -0.430. The van der Waals surface area contributed by atoms with Crippen molar-refractivity contribution in [2.45, 2.75) is 49.5 Å². The molecule has 1 heterocycles. The molecule has 1 aromatic rings. The van der Waals surface area contributed by atoms with Crippen molar-refractivity contribution in [1.29, 1.82) is 0 Å². The standard InChI is InChI=1S/C12H19NO3S2/c1-2-13(11-5-3-4-6-11)18(15,16)12-7-10(8-14)9-17-12/h7,9,11,14H,2-6,8H2,1H3. The van der Waals surface area contributed by atoms with Crippen LogP contribution in [0.4, 0.5) is 0 Å².